The lowest BCUT2D eigenvalue weighted by molar-refractivity contribution is -0.126. The van der Waals surface area contributed by atoms with E-state index in [4.69, 9.17) is 0 Å². The smallest absolute Gasteiger partial charge is 0.269 e. The molecule has 1 aliphatic rings. The highest BCUT2D eigenvalue weighted by Gasteiger charge is 2.35. The van der Waals surface area contributed by atoms with Gasteiger partial charge in [0.05, 0.1) is 5.92 Å². The predicted molar refractivity (Wildman–Crippen MR) is 106 cm³/mol. The molecule has 6 nitrogen and oxygen atoms in total. The third-order valence-electron chi connectivity index (χ3n) is 4.42. The Morgan fingerprint density at radius 1 is 1.04 bits per heavy atom. The molecule has 3 amide bonds. The van der Waals surface area contributed by atoms with Crippen LogP contribution >= 0.6 is 15.9 Å². The van der Waals surface area contributed by atoms with Crippen LogP contribution in [0.3, 0.4) is 0 Å². The minimum absolute atomic E-state index is 0.0978. The van der Waals surface area contributed by atoms with Gasteiger partial charge in [0.2, 0.25) is 11.8 Å². The molecule has 140 valence electrons. The third kappa shape index (κ3) is 4.54. The first-order valence-corrected chi connectivity index (χ1v) is 9.37. The number of nitrogens with one attached hydrogen (secondary N) is 2. The monoisotopic (exact) mass is 429 g/mol. The quantitative estimate of drug-likeness (QED) is 0.736. The number of hydrazine groups is 1. The maximum Gasteiger partial charge on any atom is 0.269 e. The van der Waals surface area contributed by atoms with Crippen molar-refractivity contribution in [1.82, 2.24) is 10.9 Å². The zero-order chi connectivity index (χ0) is 19.6. The van der Waals surface area contributed by atoms with E-state index >= 15 is 0 Å². The van der Waals surface area contributed by atoms with Crippen LogP contribution in [0, 0.1) is 19.8 Å². The molecule has 1 atom stereocenters. The first kappa shape index (κ1) is 19.1. The van der Waals surface area contributed by atoms with Crippen molar-refractivity contribution in [2.45, 2.75) is 20.3 Å². The van der Waals surface area contributed by atoms with E-state index in [1.165, 1.54) is 0 Å². The van der Waals surface area contributed by atoms with E-state index in [0.717, 1.165) is 21.3 Å². The summed E-state index contributed by atoms with van der Waals surface area (Å²) in [4.78, 5) is 38.4. The van der Waals surface area contributed by atoms with Gasteiger partial charge in [-0.2, -0.15) is 0 Å². The zero-order valence-electron chi connectivity index (χ0n) is 15.1. The zero-order valence-corrected chi connectivity index (χ0v) is 16.7. The lowest BCUT2D eigenvalue weighted by Crippen LogP contribution is -2.45. The van der Waals surface area contributed by atoms with Gasteiger partial charge in [0.25, 0.3) is 5.91 Å². The average molecular weight is 430 g/mol. The Morgan fingerprint density at radius 3 is 2.30 bits per heavy atom. The summed E-state index contributed by atoms with van der Waals surface area (Å²) in [7, 11) is 0. The van der Waals surface area contributed by atoms with Crippen molar-refractivity contribution >= 4 is 39.3 Å². The first-order valence-electron chi connectivity index (χ1n) is 8.58. The molecule has 0 aromatic heterocycles. The molecule has 0 radical (unpaired) electrons. The molecule has 0 saturated carbocycles. The number of aryl methyl sites for hydroxylation is 2. The minimum atomic E-state index is -0.511. The summed E-state index contributed by atoms with van der Waals surface area (Å²) in [6, 6.07) is 12.7. The fourth-order valence-corrected chi connectivity index (χ4v) is 3.40. The van der Waals surface area contributed by atoms with E-state index in [2.05, 4.69) is 26.8 Å². The van der Waals surface area contributed by atoms with Gasteiger partial charge in [-0.1, -0.05) is 22.0 Å². The molecule has 3 rings (SSSR count). The van der Waals surface area contributed by atoms with Crippen molar-refractivity contribution in [2.24, 2.45) is 5.92 Å². The SMILES string of the molecule is Cc1cc(C)cc(N2C[C@H](C(=O)NNC(=O)c3ccc(Br)cc3)CC2=O)c1. The van der Waals surface area contributed by atoms with Gasteiger partial charge in [0.15, 0.2) is 0 Å². The van der Waals surface area contributed by atoms with Gasteiger partial charge in [-0.25, -0.2) is 0 Å². The van der Waals surface area contributed by atoms with E-state index < -0.39 is 11.8 Å². The third-order valence-corrected chi connectivity index (χ3v) is 4.95. The Kier molecular flexibility index (Phi) is 5.60. The summed E-state index contributed by atoms with van der Waals surface area (Å²) >= 11 is 3.30. The number of carbonyl (C=O) groups excluding carboxylic acids is 3. The van der Waals surface area contributed by atoms with Gasteiger partial charge in [-0.15, -0.1) is 0 Å². The molecule has 0 spiro atoms. The van der Waals surface area contributed by atoms with Crippen LogP contribution in [0.25, 0.3) is 0 Å². The highest BCUT2D eigenvalue weighted by Crippen LogP contribution is 2.27. The molecule has 2 aromatic rings. The number of nitrogens with zero attached hydrogens (tertiary/aromatic N) is 1. The normalized spacial score (nSPS) is 16.3. The van der Waals surface area contributed by atoms with Crippen LogP contribution < -0.4 is 15.8 Å². The highest BCUT2D eigenvalue weighted by molar-refractivity contribution is 9.10. The number of carbonyl (C=O) groups is 3. The molecule has 0 aliphatic carbocycles. The maximum absolute atomic E-state index is 12.4. The van der Waals surface area contributed by atoms with E-state index in [0.29, 0.717) is 12.1 Å². The Labute approximate surface area is 166 Å². The van der Waals surface area contributed by atoms with Gasteiger partial charge >= 0.3 is 0 Å². The van der Waals surface area contributed by atoms with Crippen molar-refractivity contribution in [1.29, 1.82) is 0 Å². The van der Waals surface area contributed by atoms with Crippen LogP contribution in [0.2, 0.25) is 0 Å². The fourth-order valence-electron chi connectivity index (χ4n) is 3.13. The number of halogens is 1. The van der Waals surface area contributed by atoms with Gasteiger partial charge in [0.1, 0.15) is 0 Å². The topological polar surface area (TPSA) is 78.5 Å². The Balaban J connectivity index is 1.60. The van der Waals surface area contributed by atoms with Crippen LogP contribution in [0.1, 0.15) is 27.9 Å². The van der Waals surface area contributed by atoms with Crippen molar-refractivity contribution in [3.63, 3.8) is 0 Å². The predicted octanol–water partition coefficient (Wildman–Crippen LogP) is 2.88. The van der Waals surface area contributed by atoms with Crippen LogP contribution in [0.15, 0.2) is 46.9 Å². The Hall–Kier alpha value is -2.67. The molecule has 1 saturated heterocycles. The van der Waals surface area contributed by atoms with Gasteiger partial charge in [-0.3, -0.25) is 25.2 Å². The molecule has 1 fully saturated rings. The van der Waals surface area contributed by atoms with Crippen LogP contribution in [0.4, 0.5) is 5.69 Å². The van der Waals surface area contributed by atoms with Gasteiger partial charge in [-0.05, 0) is 61.4 Å². The van der Waals surface area contributed by atoms with E-state index in [9.17, 15) is 14.4 Å². The Morgan fingerprint density at radius 2 is 1.67 bits per heavy atom. The first-order chi connectivity index (χ1) is 12.8. The maximum atomic E-state index is 12.4. The molecular formula is C20H20BrN3O3. The second-order valence-electron chi connectivity index (χ2n) is 6.70. The lowest BCUT2D eigenvalue weighted by atomic mass is 10.1. The second kappa shape index (κ2) is 7.92. The molecule has 2 N–H and O–H groups in total. The summed E-state index contributed by atoms with van der Waals surface area (Å²) in [5, 5.41) is 0. The van der Waals surface area contributed by atoms with Crippen molar-refractivity contribution < 1.29 is 14.4 Å². The van der Waals surface area contributed by atoms with E-state index in [1.807, 2.05) is 32.0 Å². The van der Waals surface area contributed by atoms with Crippen molar-refractivity contribution in [3.05, 3.63) is 63.6 Å². The number of hydrogen-bond donors (Lipinski definition) is 2. The van der Waals surface area contributed by atoms with Crippen LogP contribution in [-0.4, -0.2) is 24.3 Å². The molecule has 1 aliphatic heterocycles. The summed E-state index contributed by atoms with van der Waals surface area (Å²) < 4.78 is 0.860. The van der Waals surface area contributed by atoms with Gasteiger partial charge in [0, 0.05) is 28.7 Å². The number of anilines is 1. The summed E-state index contributed by atoms with van der Waals surface area (Å²) in [5.74, 6) is -1.39. The number of benzene rings is 2. The highest BCUT2D eigenvalue weighted by atomic mass is 79.9. The molecule has 0 unspecified atom stereocenters. The largest absolute Gasteiger partial charge is 0.312 e. The molecule has 0 bridgehead atoms. The van der Waals surface area contributed by atoms with Crippen LogP contribution in [-0.2, 0) is 9.59 Å². The van der Waals surface area contributed by atoms with Crippen molar-refractivity contribution in [3.8, 4) is 0 Å². The average Bonchev–Trinajstić information content (AvgIpc) is 3.01. The molecule has 27 heavy (non-hydrogen) atoms. The fraction of sp³-hybridized carbons (Fsp3) is 0.250. The van der Waals surface area contributed by atoms with Crippen molar-refractivity contribution in [2.75, 3.05) is 11.4 Å². The molecule has 2 aromatic carbocycles. The summed E-state index contributed by atoms with van der Waals surface area (Å²) in [5.41, 5.74) is 8.17. The van der Waals surface area contributed by atoms with E-state index in [1.54, 1.807) is 29.2 Å². The summed E-state index contributed by atoms with van der Waals surface area (Å²) in [6.07, 6.45) is 0.118. The molecule has 1 heterocycles. The Bertz CT molecular complexity index is 876. The minimum Gasteiger partial charge on any atom is -0.312 e. The standard InChI is InChI=1S/C20H20BrN3O3/c1-12-7-13(2)9-17(8-12)24-11-15(10-18(24)25)20(27)23-22-19(26)14-3-5-16(21)6-4-14/h3-9,15H,10-11H2,1-2H3,(H,22,26)(H,23,27)/t15-/m1/s1. The molecule has 7 heteroatoms. The summed E-state index contributed by atoms with van der Waals surface area (Å²) in [6.45, 7) is 4.24. The lowest BCUT2D eigenvalue weighted by Gasteiger charge is -2.18. The van der Waals surface area contributed by atoms with Gasteiger partial charge < -0.3 is 4.90 Å². The van der Waals surface area contributed by atoms with Crippen LogP contribution in [0.5, 0.6) is 0 Å². The second-order valence-corrected chi connectivity index (χ2v) is 7.62. The number of hydrogen-bond acceptors (Lipinski definition) is 3. The molecular weight excluding hydrogens is 410 g/mol. The van der Waals surface area contributed by atoms with E-state index in [-0.39, 0.29) is 18.2 Å². The number of amides is 3. The number of rotatable bonds is 3.